The van der Waals surface area contributed by atoms with E-state index in [-0.39, 0.29) is 5.25 Å². The summed E-state index contributed by atoms with van der Waals surface area (Å²) < 4.78 is 25.1. The second-order valence-corrected chi connectivity index (χ2v) is 6.50. The second kappa shape index (κ2) is 3.45. The summed E-state index contributed by atoms with van der Waals surface area (Å²) in [6.45, 7) is 0. The number of sulfonamides is 1. The van der Waals surface area contributed by atoms with E-state index < -0.39 is 21.5 Å². The van der Waals surface area contributed by atoms with Gasteiger partial charge >= 0.3 is 0 Å². The highest BCUT2D eigenvalue weighted by molar-refractivity contribution is 7.90. The first-order valence-corrected chi connectivity index (χ1v) is 6.84. The minimum Gasteiger partial charge on any atom is -0.317 e. The Hall–Kier alpha value is -0.620. The Morgan fingerprint density at radius 1 is 1.27 bits per heavy atom. The van der Waals surface area contributed by atoms with E-state index >= 15 is 0 Å². The molecule has 0 bridgehead atoms. The summed E-state index contributed by atoms with van der Waals surface area (Å²) in [5.41, 5.74) is 4.90. The van der Waals surface area contributed by atoms with Crippen molar-refractivity contribution in [3.63, 3.8) is 0 Å². The fraction of sp³-hybridized carbons (Fsp3) is 0.889. The molecule has 86 valence electrons. The van der Waals surface area contributed by atoms with Gasteiger partial charge in [-0.15, -0.1) is 0 Å². The van der Waals surface area contributed by atoms with Crippen LogP contribution < -0.4 is 10.5 Å². The lowest BCUT2D eigenvalue weighted by Gasteiger charge is -2.21. The first-order valence-electron chi connectivity index (χ1n) is 5.29. The van der Waals surface area contributed by atoms with Crippen LogP contribution in [-0.4, -0.2) is 25.1 Å². The number of hydrogen-bond donors (Lipinski definition) is 2. The smallest absolute Gasteiger partial charge is 0.253 e. The maximum absolute atomic E-state index is 11.7. The summed E-state index contributed by atoms with van der Waals surface area (Å²) in [4.78, 5) is 11.7. The molecular weight excluding hydrogens is 216 g/mol. The van der Waals surface area contributed by atoms with Crippen molar-refractivity contribution in [1.29, 1.82) is 0 Å². The summed E-state index contributed by atoms with van der Waals surface area (Å²) in [6.07, 6.45) is 4.26. The third kappa shape index (κ3) is 2.15. The van der Waals surface area contributed by atoms with Gasteiger partial charge in [-0.25, -0.2) is 8.42 Å². The van der Waals surface area contributed by atoms with Crippen LogP contribution in [0.3, 0.4) is 0 Å². The lowest BCUT2D eigenvalue weighted by molar-refractivity contribution is -0.124. The highest BCUT2D eigenvalue weighted by Gasteiger charge is 2.42. The molecule has 0 atom stereocenters. The van der Waals surface area contributed by atoms with E-state index in [0.29, 0.717) is 25.7 Å². The maximum Gasteiger partial charge on any atom is 0.253 e. The van der Waals surface area contributed by atoms with Crippen molar-refractivity contribution in [2.75, 3.05) is 0 Å². The molecule has 2 fully saturated rings. The molecule has 3 N–H and O–H groups in total. The van der Waals surface area contributed by atoms with Gasteiger partial charge < -0.3 is 5.73 Å². The van der Waals surface area contributed by atoms with Crippen LogP contribution in [0.1, 0.15) is 38.5 Å². The minimum absolute atomic E-state index is 0.369. The highest BCUT2D eigenvalue weighted by atomic mass is 32.2. The Bertz CT molecular complexity index is 367. The molecule has 2 saturated carbocycles. The zero-order valence-electron chi connectivity index (χ0n) is 8.53. The number of hydrogen-bond acceptors (Lipinski definition) is 4. The predicted molar refractivity (Wildman–Crippen MR) is 55.5 cm³/mol. The van der Waals surface area contributed by atoms with Crippen molar-refractivity contribution >= 4 is 15.9 Å². The molecule has 0 aromatic heterocycles. The predicted octanol–water partition coefficient (Wildman–Crippen LogP) is -0.134. The van der Waals surface area contributed by atoms with Gasteiger partial charge in [0, 0.05) is 0 Å². The molecule has 5 nitrogen and oxygen atoms in total. The number of amides is 1. The van der Waals surface area contributed by atoms with Crippen LogP contribution in [-0.2, 0) is 14.8 Å². The van der Waals surface area contributed by atoms with Gasteiger partial charge in [0.1, 0.15) is 0 Å². The molecule has 2 rings (SSSR count). The van der Waals surface area contributed by atoms with E-state index in [4.69, 9.17) is 5.73 Å². The average molecular weight is 232 g/mol. The molecule has 0 aliphatic heterocycles. The number of carbonyl (C=O) groups excluding carboxylic acids is 1. The van der Waals surface area contributed by atoms with Crippen LogP contribution in [0.4, 0.5) is 0 Å². The topological polar surface area (TPSA) is 89.3 Å². The summed E-state index contributed by atoms with van der Waals surface area (Å²) in [5.74, 6) is -0.521. The number of nitrogens with one attached hydrogen (secondary N) is 1. The van der Waals surface area contributed by atoms with Gasteiger partial charge in [0.25, 0.3) is 5.91 Å². The zero-order chi connectivity index (χ0) is 11.1. The molecule has 15 heavy (non-hydrogen) atoms. The van der Waals surface area contributed by atoms with Crippen molar-refractivity contribution < 1.29 is 13.2 Å². The lowest BCUT2D eigenvalue weighted by atomic mass is 9.99. The molecule has 0 aromatic rings. The van der Waals surface area contributed by atoms with Gasteiger partial charge in [0.15, 0.2) is 0 Å². The fourth-order valence-corrected chi connectivity index (χ4v) is 3.31. The van der Waals surface area contributed by atoms with E-state index in [1.54, 1.807) is 0 Å². The van der Waals surface area contributed by atoms with Crippen LogP contribution >= 0.6 is 0 Å². The van der Waals surface area contributed by atoms with E-state index in [1.807, 2.05) is 0 Å². The van der Waals surface area contributed by atoms with Crippen LogP contribution in [0.15, 0.2) is 0 Å². The monoisotopic (exact) mass is 232 g/mol. The van der Waals surface area contributed by atoms with Crippen LogP contribution in [0.25, 0.3) is 0 Å². The molecule has 0 radical (unpaired) electrons. The molecule has 2 aliphatic rings. The van der Waals surface area contributed by atoms with Gasteiger partial charge in [-0.3, -0.25) is 9.52 Å². The first kappa shape index (κ1) is 10.9. The van der Waals surface area contributed by atoms with Crippen molar-refractivity contribution in [2.24, 2.45) is 5.73 Å². The Balaban J connectivity index is 2.02. The number of rotatable bonds is 3. The number of carbonyl (C=O) groups is 1. The highest BCUT2D eigenvalue weighted by Crippen LogP contribution is 2.30. The quantitative estimate of drug-likeness (QED) is 0.709. The van der Waals surface area contributed by atoms with Crippen LogP contribution in [0, 0.1) is 0 Å². The van der Waals surface area contributed by atoms with Gasteiger partial charge in [0.05, 0.1) is 10.8 Å². The normalized spacial score (nSPS) is 25.1. The third-order valence-electron chi connectivity index (χ3n) is 3.15. The van der Waals surface area contributed by atoms with Gasteiger partial charge in [-0.2, -0.15) is 0 Å². The molecule has 1 amide bonds. The zero-order valence-corrected chi connectivity index (χ0v) is 9.35. The van der Waals surface area contributed by atoms with Gasteiger partial charge in [-0.1, -0.05) is 12.8 Å². The van der Waals surface area contributed by atoms with Crippen molar-refractivity contribution in [2.45, 2.75) is 49.3 Å². The number of nitrogens with two attached hydrogens (primary N) is 1. The maximum atomic E-state index is 11.7. The molecule has 0 spiro atoms. The summed E-state index contributed by atoms with van der Waals surface area (Å²) >= 11 is 0. The SMILES string of the molecule is NC1(C(=O)NS(=O)(=O)C2CC2)CCCC1. The molecule has 6 heteroatoms. The Labute approximate surface area is 89.5 Å². The largest absolute Gasteiger partial charge is 0.317 e. The van der Waals surface area contributed by atoms with Gasteiger partial charge in [0.2, 0.25) is 10.0 Å². The first-order chi connectivity index (χ1) is 6.94. The average Bonchev–Trinajstić information content (AvgIpc) is 2.90. The van der Waals surface area contributed by atoms with Crippen LogP contribution in [0.5, 0.6) is 0 Å². The Morgan fingerprint density at radius 3 is 2.27 bits per heavy atom. The lowest BCUT2D eigenvalue weighted by Crippen LogP contribution is -2.53. The van der Waals surface area contributed by atoms with Crippen molar-refractivity contribution in [1.82, 2.24) is 4.72 Å². The molecule has 2 aliphatic carbocycles. The Morgan fingerprint density at radius 2 is 1.80 bits per heavy atom. The minimum atomic E-state index is -3.44. The molecule has 0 saturated heterocycles. The van der Waals surface area contributed by atoms with Crippen molar-refractivity contribution in [3.8, 4) is 0 Å². The van der Waals surface area contributed by atoms with E-state index in [0.717, 1.165) is 12.8 Å². The van der Waals surface area contributed by atoms with Crippen molar-refractivity contribution in [3.05, 3.63) is 0 Å². The molecule has 0 heterocycles. The molecule has 0 unspecified atom stereocenters. The second-order valence-electron chi connectivity index (χ2n) is 4.54. The third-order valence-corrected chi connectivity index (χ3v) is 4.97. The fourth-order valence-electron chi connectivity index (χ4n) is 1.93. The van der Waals surface area contributed by atoms with Gasteiger partial charge in [-0.05, 0) is 25.7 Å². The standard InChI is InChI=1S/C9H16N2O3S/c10-9(5-1-2-6-9)8(12)11-15(13,14)7-3-4-7/h7H,1-6,10H2,(H,11,12). The summed E-state index contributed by atoms with van der Waals surface area (Å²) in [6, 6.07) is 0. The molecule has 0 aromatic carbocycles. The van der Waals surface area contributed by atoms with E-state index in [9.17, 15) is 13.2 Å². The van der Waals surface area contributed by atoms with E-state index in [1.165, 1.54) is 0 Å². The van der Waals surface area contributed by atoms with Crippen LogP contribution in [0.2, 0.25) is 0 Å². The molecular formula is C9H16N2O3S. The summed E-state index contributed by atoms with van der Waals surface area (Å²) in [5, 5.41) is -0.369. The summed E-state index contributed by atoms with van der Waals surface area (Å²) in [7, 11) is -3.44. The van der Waals surface area contributed by atoms with E-state index in [2.05, 4.69) is 4.72 Å². The Kier molecular flexibility index (Phi) is 2.50.